The lowest BCUT2D eigenvalue weighted by atomic mass is 10.3. The van der Waals surface area contributed by atoms with Crippen LogP contribution >= 0.6 is 11.6 Å². The van der Waals surface area contributed by atoms with E-state index in [1.54, 1.807) is 45.9 Å². The van der Waals surface area contributed by atoms with Gasteiger partial charge >= 0.3 is 0 Å². The van der Waals surface area contributed by atoms with Gasteiger partial charge in [0, 0.05) is 24.0 Å². The normalized spacial score (nSPS) is 10.7. The molecule has 8 heteroatoms. The van der Waals surface area contributed by atoms with Crippen molar-refractivity contribution in [2.24, 2.45) is 7.05 Å². The second kappa shape index (κ2) is 7.40. The molecule has 0 saturated carbocycles. The fraction of sp³-hybridized carbons (Fsp3) is 0.235. The zero-order valence-electron chi connectivity index (χ0n) is 13.9. The summed E-state index contributed by atoms with van der Waals surface area (Å²) in [6, 6.07) is 10.7. The summed E-state index contributed by atoms with van der Waals surface area (Å²) in [7, 11) is 1.86. The minimum Gasteiger partial charge on any atom is -0.471 e. The maximum absolute atomic E-state index is 12.2. The molecule has 130 valence electrons. The molecule has 7 nitrogen and oxygen atoms in total. The Kier molecular flexibility index (Phi) is 5.04. The summed E-state index contributed by atoms with van der Waals surface area (Å²) >= 11 is 5.91. The number of carbonyl (C=O) groups excluding carboxylic acids is 1. The van der Waals surface area contributed by atoms with Crippen LogP contribution in [0, 0.1) is 6.92 Å². The zero-order valence-corrected chi connectivity index (χ0v) is 14.7. The van der Waals surface area contributed by atoms with E-state index in [9.17, 15) is 4.79 Å². The van der Waals surface area contributed by atoms with Gasteiger partial charge in [-0.2, -0.15) is 10.2 Å². The molecule has 2 heterocycles. The molecule has 0 aliphatic heterocycles. The summed E-state index contributed by atoms with van der Waals surface area (Å²) in [4.78, 5) is 12.2. The van der Waals surface area contributed by atoms with Crippen molar-refractivity contribution in [3.63, 3.8) is 0 Å². The quantitative estimate of drug-likeness (QED) is 0.734. The minimum absolute atomic E-state index is 0.188. The lowest BCUT2D eigenvalue weighted by molar-refractivity contribution is 0.0943. The summed E-state index contributed by atoms with van der Waals surface area (Å²) in [6.07, 6.45) is 1.68. The van der Waals surface area contributed by atoms with Crippen molar-refractivity contribution in [3.05, 3.63) is 64.7 Å². The molecule has 1 amide bonds. The standard InChI is InChI=1S/C17H18ClN5O2/c1-12-8-14(20-22(12)2)10-19-17(24)16-6-7-23(21-16)11-25-15-5-3-4-13(18)9-15/h3-9H,10-11H2,1-2H3,(H,19,24). The van der Waals surface area contributed by atoms with Crippen molar-refractivity contribution < 1.29 is 9.53 Å². The van der Waals surface area contributed by atoms with Gasteiger partial charge in [-0.1, -0.05) is 17.7 Å². The monoisotopic (exact) mass is 359 g/mol. The van der Waals surface area contributed by atoms with Gasteiger partial charge in [0.1, 0.15) is 11.4 Å². The Morgan fingerprint density at radius 1 is 1.28 bits per heavy atom. The van der Waals surface area contributed by atoms with E-state index in [0.29, 0.717) is 23.0 Å². The molecular weight excluding hydrogens is 342 g/mol. The maximum Gasteiger partial charge on any atom is 0.272 e. The molecule has 1 aromatic carbocycles. The van der Waals surface area contributed by atoms with Gasteiger partial charge in [0.15, 0.2) is 6.73 Å². The van der Waals surface area contributed by atoms with Crippen LogP contribution in [0.5, 0.6) is 5.75 Å². The number of hydrogen-bond donors (Lipinski definition) is 1. The number of amides is 1. The van der Waals surface area contributed by atoms with Gasteiger partial charge in [-0.3, -0.25) is 9.48 Å². The summed E-state index contributed by atoms with van der Waals surface area (Å²) in [5.41, 5.74) is 2.16. The predicted octanol–water partition coefficient (Wildman–Crippen LogP) is 2.54. The molecule has 1 N–H and O–H groups in total. The van der Waals surface area contributed by atoms with E-state index in [-0.39, 0.29) is 12.6 Å². The van der Waals surface area contributed by atoms with Gasteiger partial charge in [0.2, 0.25) is 0 Å². The minimum atomic E-state index is -0.259. The van der Waals surface area contributed by atoms with E-state index in [4.69, 9.17) is 16.3 Å². The third-order valence-electron chi connectivity index (χ3n) is 3.63. The number of ether oxygens (including phenoxy) is 1. The van der Waals surface area contributed by atoms with Crippen molar-refractivity contribution in [1.82, 2.24) is 24.9 Å². The second-order valence-corrected chi connectivity index (χ2v) is 5.99. The highest BCUT2D eigenvalue weighted by atomic mass is 35.5. The first-order valence-corrected chi connectivity index (χ1v) is 8.08. The molecule has 2 aromatic heterocycles. The van der Waals surface area contributed by atoms with E-state index in [0.717, 1.165) is 11.4 Å². The summed E-state index contributed by atoms with van der Waals surface area (Å²) in [5.74, 6) is 0.379. The van der Waals surface area contributed by atoms with Crippen LogP contribution in [-0.2, 0) is 20.3 Å². The number of aryl methyl sites for hydroxylation is 2. The third-order valence-corrected chi connectivity index (χ3v) is 3.86. The van der Waals surface area contributed by atoms with Crippen LogP contribution in [0.15, 0.2) is 42.6 Å². The molecule has 0 spiro atoms. The molecule has 0 atom stereocenters. The highest BCUT2D eigenvalue weighted by Gasteiger charge is 2.10. The van der Waals surface area contributed by atoms with E-state index in [1.807, 2.05) is 20.0 Å². The fourth-order valence-corrected chi connectivity index (χ4v) is 2.42. The van der Waals surface area contributed by atoms with Crippen molar-refractivity contribution >= 4 is 17.5 Å². The summed E-state index contributed by atoms with van der Waals surface area (Å²) in [5, 5.41) is 11.9. The van der Waals surface area contributed by atoms with Gasteiger partial charge in [-0.15, -0.1) is 0 Å². The maximum atomic E-state index is 12.2. The predicted molar refractivity (Wildman–Crippen MR) is 93.4 cm³/mol. The molecule has 3 rings (SSSR count). The first-order valence-electron chi connectivity index (χ1n) is 7.71. The molecular formula is C17H18ClN5O2. The Bertz CT molecular complexity index is 867. The van der Waals surface area contributed by atoms with Gasteiger partial charge in [0.25, 0.3) is 5.91 Å². The Balaban J connectivity index is 1.54. The summed E-state index contributed by atoms with van der Waals surface area (Å²) < 4.78 is 8.89. The van der Waals surface area contributed by atoms with E-state index in [2.05, 4.69) is 15.5 Å². The van der Waals surface area contributed by atoms with Crippen LogP contribution in [-0.4, -0.2) is 25.5 Å². The van der Waals surface area contributed by atoms with Gasteiger partial charge in [0.05, 0.1) is 12.2 Å². The van der Waals surface area contributed by atoms with Gasteiger partial charge < -0.3 is 10.1 Å². The molecule has 0 fully saturated rings. The first kappa shape index (κ1) is 17.0. The molecule has 0 saturated heterocycles. The highest BCUT2D eigenvalue weighted by Crippen LogP contribution is 2.17. The third kappa shape index (κ3) is 4.39. The Labute approximate surface area is 150 Å². The molecule has 0 unspecified atom stereocenters. The molecule has 25 heavy (non-hydrogen) atoms. The van der Waals surface area contributed by atoms with Crippen molar-refractivity contribution in [1.29, 1.82) is 0 Å². The average molecular weight is 360 g/mol. The van der Waals surface area contributed by atoms with Gasteiger partial charge in [-0.05, 0) is 37.3 Å². The lowest BCUT2D eigenvalue weighted by Crippen LogP contribution is -2.24. The number of aromatic nitrogens is 4. The van der Waals surface area contributed by atoms with Crippen LogP contribution in [0.1, 0.15) is 21.9 Å². The van der Waals surface area contributed by atoms with E-state index >= 15 is 0 Å². The lowest BCUT2D eigenvalue weighted by Gasteiger charge is -2.06. The second-order valence-electron chi connectivity index (χ2n) is 5.55. The fourth-order valence-electron chi connectivity index (χ4n) is 2.23. The number of halogens is 1. The van der Waals surface area contributed by atoms with Crippen LogP contribution in [0.25, 0.3) is 0 Å². The van der Waals surface area contributed by atoms with E-state index in [1.165, 1.54) is 0 Å². The number of benzene rings is 1. The van der Waals surface area contributed by atoms with Crippen LogP contribution < -0.4 is 10.1 Å². The molecule has 3 aromatic rings. The summed E-state index contributed by atoms with van der Waals surface area (Å²) in [6.45, 7) is 2.50. The van der Waals surface area contributed by atoms with Crippen molar-refractivity contribution in [2.75, 3.05) is 0 Å². The molecule has 0 radical (unpaired) electrons. The zero-order chi connectivity index (χ0) is 17.8. The number of carbonyl (C=O) groups is 1. The molecule has 0 aliphatic rings. The molecule has 0 aliphatic carbocycles. The smallest absolute Gasteiger partial charge is 0.272 e. The molecule has 0 bridgehead atoms. The highest BCUT2D eigenvalue weighted by molar-refractivity contribution is 6.30. The SMILES string of the molecule is Cc1cc(CNC(=O)c2ccn(COc3cccc(Cl)c3)n2)nn1C. The number of nitrogens with zero attached hydrogens (tertiary/aromatic N) is 4. The van der Waals surface area contributed by atoms with E-state index < -0.39 is 0 Å². The Hall–Kier alpha value is -2.80. The Morgan fingerprint density at radius 3 is 2.84 bits per heavy atom. The number of hydrogen-bond acceptors (Lipinski definition) is 4. The van der Waals surface area contributed by atoms with Crippen LogP contribution in [0.2, 0.25) is 5.02 Å². The number of nitrogens with one attached hydrogen (secondary N) is 1. The van der Waals surface area contributed by atoms with Crippen molar-refractivity contribution in [3.8, 4) is 5.75 Å². The first-order chi connectivity index (χ1) is 12.0. The van der Waals surface area contributed by atoms with Crippen molar-refractivity contribution in [2.45, 2.75) is 20.2 Å². The topological polar surface area (TPSA) is 74.0 Å². The average Bonchev–Trinajstić information content (AvgIpc) is 3.18. The van der Waals surface area contributed by atoms with Crippen LogP contribution in [0.3, 0.4) is 0 Å². The van der Waals surface area contributed by atoms with Crippen LogP contribution in [0.4, 0.5) is 0 Å². The largest absolute Gasteiger partial charge is 0.471 e. The van der Waals surface area contributed by atoms with Gasteiger partial charge in [-0.25, -0.2) is 4.68 Å². The number of rotatable bonds is 6. The Morgan fingerprint density at radius 2 is 2.12 bits per heavy atom.